The van der Waals surface area contributed by atoms with Crippen LogP contribution in [-0.2, 0) is 0 Å². The number of benzene rings is 3. The van der Waals surface area contributed by atoms with Gasteiger partial charge in [-0.3, -0.25) is 10.0 Å². The summed E-state index contributed by atoms with van der Waals surface area (Å²) in [6.07, 6.45) is 3.47. The Morgan fingerprint density at radius 3 is 2.11 bits per heavy atom. The molecule has 0 radical (unpaired) electrons. The van der Waals surface area contributed by atoms with Gasteiger partial charge in [0.05, 0.1) is 23.3 Å². The Morgan fingerprint density at radius 1 is 0.838 bits per heavy atom. The van der Waals surface area contributed by atoms with Crippen molar-refractivity contribution in [2.45, 2.75) is 0 Å². The summed E-state index contributed by atoms with van der Waals surface area (Å²) in [5.74, 6) is -3.15. The fourth-order valence-corrected chi connectivity index (χ4v) is 3.91. The van der Waals surface area contributed by atoms with E-state index in [1.165, 1.54) is 35.0 Å². The number of carboxylic acids is 2. The molecule has 12 heteroatoms. The summed E-state index contributed by atoms with van der Waals surface area (Å²) in [4.78, 5) is 22.3. The second kappa shape index (κ2) is 9.02. The van der Waals surface area contributed by atoms with E-state index in [1.54, 1.807) is 28.5 Å². The van der Waals surface area contributed by atoms with Gasteiger partial charge in [0.1, 0.15) is 28.3 Å². The minimum Gasteiger partial charge on any atom is -0.507 e. The van der Waals surface area contributed by atoms with Crippen LogP contribution in [0.15, 0.2) is 73.1 Å². The molecule has 37 heavy (non-hydrogen) atoms. The van der Waals surface area contributed by atoms with Crippen LogP contribution in [0.2, 0.25) is 0 Å². The van der Waals surface area contributed by atoms with Gasteiger partial charge in [0.2, 0.25) is 0 Å². The molecule has 0 amide bonds. The second-order valence-corrected chi connectivity index (χ2v) is 8.19. The zero-order valence-corrected chi connectivity index (χ0v) is 19.3. The van der Waals surface area contributed by atoms with E-state index >= 15 is 0 Å². The number of phenols is 2. The molecule has 0 atom stereocenters. The van der Waals surface area contributed by atoms with Crippen LogP contribution in [-0.4, -0.2) is 59.4 Å². The van der Waals surface area contributed by atoms with E-state index in [0.717, 1.165) is 16.8 Å². The highest BCUT2D eigenvalue weighted by Crippen LogP contribution is 2.31. The molecule has 0 unspecified atom stereocenters. The number of hydrazine groups is 2. The first-order valence-corrected chi connectivity index (χ1v) is 10.9. The lowest BCUT2D eigenvalue weighted by molar-refractivity contribution is 0.0682. The topological polar surface area (TPSA) is 164 Å². The fourth-order valence-electron chi connectivity index (χ4n) is 3.91. The van der Waals surface area contributed by atoms with Crippen molar-refractivity contribution >= 4 is 23.3 Å². The van der Waals surface area contributed by atoms with Gasteiger partial charge in [0.15, 0.2) is 0 Å². The molecule has 12 nitrogen and oxygen atoms in total. The molecule has 0 bridgehead atoms. The lowest BCUT2D eigenvalue weighted by Crippen LogP contribution is -2.37. The van der Waals surface area contributed by atoms with Crippen molar-refractivity contribution in [3.8, 4) is 28.4 Å². The minimum atomic E-state index is -1.23. The molecule has 5 rings (SSSR count). The minimum absolute atomic E-state index is 0.186. The van der Waals surface area contributed by atoms with E-state index < -0.39 is 11.9 Å². The Balaban J connectivity index is 1.42. The van der Waals surface area contributed by atoms with Crippen LogP contribution in [0.1, 0.15) is 26.3 Å². The Kier molecular flexibility index (Phi) is 5.70. The summed E-state index contributed by atoms with van der Waals surface area (Å²) in [5.41, 5.74) is 6.69. The SMILES string of the molecule is CN1NN(c2ccc(C(=O)O)c(O)c2)C=C1c1cccc(-c2cn(-c3ccc(C(=O)O)c(O)c3)nn2)c1. The number of nitrogens with one attached hydrogen (secondary N) is 1. The highest BCUT2D eigenvalue weighted by molar-refractivity contribution is 5.92. The van der Waals surface area contributed by atoms with Crippen LogP contribution in [0.5, 0.6) is 11.5 Å². The Hall–Kier alpha value is -5.36. The monoisotopic (exact) mass is 500 g/mol. The number of hydrogen-bond donors (Lipinski definition) is 5. The predicted molar refractivity (Wildman–Crippen MR) is 132 cm³/mol. The molecule has 0 fully saturated rings. The van der Waals surface area contributed by atoms with E-state index in [9.17, 15) is 19.8 Å². The van der Waals surface area contributed by atoms with Gasteiger partial charge in [0, 0.05) is 36.5 Å². The normalized spacial score (nSPS) is 13.1. The third-order valence-corrected chi connectivity index (χ3v) is 5.78. The molecule has 4 aromatic rings. The van der Waals surface area contributed by atoms with Crippen LogP contribution in [0.25, 0.3) is 22.6 Å². The molecule has 3 aromatic carbocycles. The molecule has 186 valence electrons. The van der Waals surface area contributed by atoms with Crippen molar-refractivity contribution in [2.24, 2.45) is 0 Å². The highest BCUT2D eigenvalue weighted by atomic mass is 16.4. The number of carbonyl (C=O) groups is 2. The Morgan fingerprint density at radius 2 is 1.46 bits per heavy atom. The van der Waals surface area contributed by atoms with Gasteiger partial charge in [-0.15, -0.1) is 10.6 Å². The number of aromatic carboxylic acids is 2. The first-order valence-electron chi connectivity index (χ1n) is 10.9. The summed E-state index contributed by atoms with van der Waals surface area (Å²) < 4.78 is 1.44. The van der Waals surface area contributed by atoms with Gasteiger partial charge in [0.25, 0.3) is 0 Å². The molecular formula is C25H20N6O6. The summed E-state index contributed by atoms with van der Waals surface area (Å²) >= 11 is 0. The van der Waals surface area contributed by atoms with E-state index in [-0.39, 0.29) is 22.6 Å². The van der Waals surface area contributed by atoms with Crippen molar-refractivity contribution in [3.05, 3.63) is 89.8 Å². The first kappa shape index (κ1) is 23.4. The van der Waals surface area contributed by atoms with E-state index in [1.807, 2.05) is 31.3 Å². The van der Waals surface area contributed by atoms with Crippen LogP contribution in [0.3, 0.4) is 0 Å². The maximum atomic E-state index is 11.2. The standard InChI is InChI=1S/C25H20N6O6/c1-29-21(13-31(28-29)17-6-8-19(25(36)37)23(33)11-17)15-4-2-3-14(9-15)20-12-30(27-26-20)16-5-7-18(24(34)35)22(32)10-16/h2-13,28,32-33H,1H3,(H,34,35)(H,36,37). The number of aromatic nitrogens is 3. The largest absolute Gasteiger partial charge is 0.507 e. The lowest BCUT2D eigenvalue weighted by Gasteiger charge is -2.21. The zero-order chi connectivity index (χ0) is 26.3. The maximum absolute atomic E-state index is 11.2. The molecular weight excluding hydrogens is 480 g/mol. The molecule has 5 N–H and O–H groups in total. The fraction of sp³-hybridized carbons (Fsp3) is 0.0400. The van der Waals surface area contributed by atoms with Crippen molar-refractivity contribution in [1.82, 2.24) is 25.5 Å². The van der Waals surface area contributed by atoms with E-state index in [4.69, 9.17) is 10.2 Å². The van der Waals surface area contributed by atoms with Gasteiger partial charge in [-0.1, -0.05) is 23.4 Å². The van der Waals surface area contributed by atoms with E-state index in [0.29, 0.717) is 17.1 Å². The molecule has 1 aliphatic heterocycles. The highest BCUT2D eigenvalue weighted by Gasteiger charge is 2.22. The summed E-state index contributed by atoms with van der Waals surface area (Å²) in [6.45, 7) is 0. The van der Waals surface area contributed by atoms with Crippen molar-refractivity contribution in [1.29, 1.82) is 0 Å². The van der Waals surface area contributed by atoms with Crippen LogP contribution in [0, 0.1) is 0 Å². The number of rotatable bonds is 6. The first-order chi connectivity index (χ1) is 17.7. The van der Waals surface area contributed by atoms with Crippen molar-refractivity contribution < 1.29 is 30.0 Å². The molecule has 2 heterocycles. The lowest BCUT2D eigenvalue weighted by atomic mass is 10.1. The van der Waals surface area contributed by atoms with Crippen LogP contribution in [0.4, 0.5) is 5.69 Å². The number of aromatic hydroxyl groups is 2. The molecule has 0 saturated heterocycles. The van der Waals surface area contributed by atoms with Crippen molar-refractivity contribution in [2.75, 3.05) is 12.1 Å². The average molecular weight is 500 g/mol. The molecule has 0 aliphatic carbocycles. The average Bonchev–Trinajstić information content (AvgIpc) is 3.51. The van der Waals surface area contributed by atoms with Gasteiger partial charge < -0.3 is 20.4 Å². The van der Waals surface area contributed by atoms with Crippen LogP contribution >= 0.6 is 0 Å². The van der Waals surface area contributed by atoms with Gasteiger partial charge in [-0.2, -0.15) is 0 Å². The zero-order valence-electron chi connectivity index (χ0n) is 19.3. The quantitative estimate of drug-likeness (QED) is 0.264. The smallest absolute Gasteiger partial charge is 0.339 e. The van der Waals surface area contributed by atoms with Gasteiger partial charge in [-0.25, -0.2) is 14.3 Å². The van der Waals surface area contributed by atoms with E-state index in [2.05, 4.69) is 15.8 Å². The molecule has 1 aliphatic rings. The molecule has 0 saturated carbocycles. The third kappa shape index (κ3) is 4.39. The summed E-state index contributed by atoms with van der Waals surface area (Å²) in [7, 11) is 1.81. The molecule has 1 aromatic heterocycles. The second-order valence-electron chi connectivity index (χ2n) is 8.19. The Labute approximate surface area is 209 Å². The molecule has 0 spiro atoms. The summed E-state index contributed by atoms with van der Waals surface area (Å²) in [6, 6.07) is 16.0. The van der Waals surface area contributed by atoms with Crippen molar-refractivity contribution in [3.63, 3.8) is 0 Å². The van der Waals surface area contributed by atoms with Gasteiger partial charge in [-0.05, 0) is 30.3 Å². The summed E-state index contributed by atoms with van der Waals surface area (Å²) in [5, 5.41) is 50.0. The number of nitrogens with zero attached hydrogens (tertiary/aromatic N) is 5. The maximum Gasteiger partial charge on any atom is 0.339 e. The number of carboxylic acid groups (broad SMARTS) is 2. The number of hydrogen-bond acceptors (Lipinski definition) is 9. The predicted octanol–water partition coefficient (Wildman–Crippen LogP) is 2.91. The third-order valence-electron chi connectivity index (χ3n) is 5.78. The van der Waals surface area contributed by atoms with Crippen LogP contribution < -0.4 is 10.5 Å². The van der Waals surface area contributed by atoms with Gasteiger partial charge >= 0.3 is 11.9 Å². The Bertz CT molecular complexity index is 1580. The number of anilines is 1.